The van der Waals surface area contributed by atoms with E-state index in [1.807, 2.05) is 0 Å². The van der Waals surface area contributed by atoms with Gasteiger partial charge in [0.1, 0.15) is 4.33 Å². The third-order valence-electron chi connectivity index (χ3n) is 1.40. The minimum absolute atomic E-state index is 0.151. The summed E-state index contributed by atoms with van der Waals surface area (Å²) in [4.78, 5) is 16.7. The predicted molar refractivity (Wildman–Crippen MR) is 57.0 cm³/mol. The van der Waals surface area contributed by atoms with Crippen LogP contribution in [0.15, 0.2) is 0 Å². The Morgan fingerprint density at radius 2 is 1.86 bits per heavy atom. The molecule has 0 radical (unpaired) electrons. The second kappa shape index (κ2) is 6.54. The first kappa shape index (κ1) is 15.0. The molecule has 0 rings (SSSR count). The summed E-state index contributed by atoms with van der Waals surface area (Å²) in [7, 11) is -4.42. The first-order chi connectivity index (χ1) is 6.27. The van der Waals surface area contributed by atoms with E-state index in [0.717, 1.165) is 0 Å². The summed E-state index contributed by atoms with van der Waals surface area (Å²) in [6.45, 7) is -0.181. The normalized spacial score (nSPS) is 13.2. The average Bonchev–Trinajstić information content (AvgIpc) is 1.98. The lowest BCUT2D eigenvalue weighted by atomic mass is 10.2. The second-order valence-corrected chi connectivity index (χ2v) is 5.98. The molecule has 0 amide bonds. The molecule has 8 heteroatoms. The van der Waals surface area contributed by atoms with Gasteiger partial charge in [-0.05, 0) is 12.8 Å². The van der Waals surface area contributed by atoms with Gasteiger partial charge in [0.05, 0.1) is 6.61 Å². The predicted octanol–water partition coefficient (Wildman–Crippen LogP) is 2.68. The van der Waals surface area contributed by atoms with Gasteiger partial charge in [-0.15, -0.1) is 34.8 Å². The highest BCUT2D eigenvalue weighted by molar-refractivity contribution is 7.46. The number of rotatable bonds is 7. The molecule has 0 aliphatic heterocycles. The van der Waals surface area contributed by atoms with E-state index < -0.39 is 12.2 Å². The summed E-state index contributed by atoms with van der Waals surface area (Å²) in [5.74, 6) is 0.445. The molecule has 0 spiro atoms. The van der Waals surface area contributed by atoms with Crippen LogP contribution in [0.3, 0.4) is 0 Å². The number of hydrogen-bond acceptors (Lipinski definition) is 2. The molecule has 0 saturated heterocycles. The van der Waals surface area contributed by atoms with Crippen molar-refractivity contribution >= 4 is 42.6 Å². The third kappa shape index (κ3) is 9.53. The van der Waals surface area contributed by atoms with Crippen LogP contribution >= 0.6 is 42.6 Å². The average molecular weight is 285 g/mol. The fraction of sp³-hybridized carbons (Fsp3) is 1.00. The number of halogens is 3. The van der Waals surface area contributed by atoms with Gasteiger partial charge in [-0.25, -0.2) is 4.57 Å². The molecule has 0 unspecified atom stereocenters. The molecule has 14 heavy (non-hydrogen) atoms. The highest BCUT2D eigenvalue weighted by Crippen LogP contribution is 2.38. The SMILES string of the molecule is O=P(O)(O)OCCC(Cl)(Cl)CCCCl. The van der Waals surface area contributed by atoms with Crippen LogP contribution in [0.25, 0.3) is 0 Å². The Bertz CT molecular complexity index is 205. The summed E-state index contributed by atoms with van der Waals surface area (Å²) >= 11 is 17.1. The zero-order valence-corrected chi connectivity index (χ0v) is 10.5. The van der Waals surface area contributed by atoms with Gasteiger partial charge in [-0.2, -0.15) is 0 Å². The van der Waals surface area contributed by atoms with Crippen LogP contribution in [-0.2, 0) is 9.09 Å². The van der Waals surface area contributed by atoms with Gasteiger partial charge < -0.3 is 9.79 Å². The molecule has 0 bridgehead atoms. The molecule has 4 nitrogen and oxygen atoms in total. The van der Waals surface area contributed by atoms with E-state index >= 15 is 0 Å². The standard InChI is InChI=1S/C6H12Cl3O4P/c7-4-1-2-6(8,9)3-5-13-14(10,11)12/h1-5H2,(H2,10,11,12). The molecular weight excluding hydrogens is 273 g/mol. The molecule has 2 N–H and O–H groups in total. The van der Waals surface area contributed by atoms with Gasteiger partial charge in [-0.3, -0.25) is 4.52 Å². The van der Waals surface area contributed by atoms with Gasteiger partial charge in [0.2, 0.25) is 0 Å². The highest BCUT2D eigenvalue weighted by Gasteiger charge is 2.24. The van der Waals surface area contributed by atoms with Gasteiger partial charge in [0, 0.05) is 12.3 Å². The fourth-order valence-corrected chi connectivity index (χ4v) is 1.65. The van der Waals surface area contributed by atoms with E-state index in [1.165, 1.54) is 0 Å². The summed E-state index contributed by atoms with van der Waals surface area (Å²) in [6.07, 6.45) is 1.26. The molecule has 0 aromatic heterocycles. The molecule has 0 aliphatic rings. The molecule has 0 heterocycles. The van der Waals surface area contributed by atoms with Crippen LogP contribution in [0.5, 0.6) is 0 Å². The Morgan fingerprint density at radius 3 is 2.29 bits per heavy atom. The van der Waals surface area contributed by atoms with Crippen molar-refractivity contribution in [2.24, 2.45) is 0 Å². The first-order valence-corrected chi connectivity index (χ1v) is 6.73. The van der Waals surface area contributed by atoms with Crippen LogP contribution < -0.4 is 0 Å². The zero-order valence-electron chi connectivity index (χ0n) is 7.33. The molecule has 0 atom stereocenters. The molecule has 0 aromatic rings. The topological polar surface area (TPSA) is 66.8 Å². The Labute approximate surface area is 97.7 Å². The van der Waals surface area contributed by atoms with E-state index in [9.17, 15) is 4.57 Å². The van der Waals surface area contributed by atoms with Crippen molar-refractivity contribution in [3.05, 3.63) is 0 Å². The molecule has 0 saturated carbocycles. The van der Waals surface area contributed by atoms with E-state index in [0.29, 0.717) is 18.7 Å². The van der Waals surface area contributed by atoms with Crippen molar-refractivity contribution in [3.63, 3.8) is 0 Å². The quantitative estimate of drug-likeness (QED) is 0.557. The van der Waals surface area contributed by atoms with Crippen LogP contribution in [0.2, 0.25) is 0 Å². The fourth-order valence-electron chi connectivity index (χ4n) is 0.764. The van der Waals surface area contributed by atoms with Gasteiger partial charge in [-0.1, -0.05) is 0 Å². The highest BCUT2D eigenvalue weighted by atomic mass is 35.5. The lowest BCUT2D eigenvalue weighted by Gasteiger charge is -2.18. The molecular formula is C6H12Cl3O4P. The maximum absolute atomic E-state index is 10.3. The molecule has 0 fully saturated rings. The lowest BCUT2D eigenvalue weighted by molar-refractivity contribution is 0.192. The van der Waals surface area contributed by atoms with Crippen molar-refractivity contribution in [2.45, 2.75) is 23.6 Å². The summed E-state index contributed by atoms with van der Waals surface area (Å²) in [6, 6.07) is 0. The van der Waals surface area contributed by atoms with E-state index in [4.69, 9.17) is 44.6 Å². The molecule has 0 aromatic carbocycles. The monoisotopic (exact) mass is 284 g/mol. The van der Waals surface area contributed by atoms with E-state index in [2.05, 4.69) is 4.52 Å². The zero-order chi connectivity index (χ0) is 11.2. The summed E-state index contributed by atoms with van der Waals surface area (Å²) in [5, 5.41) is 0. The Hall–Kier alpha value is 0.980. The van der Waals surface area contributed by atoms with Gasteiger partial charge in [0.15, 0.2) is 0 Å². The third-order valence-corrected chi connectivity index (χ3v) is 2.95. The minimum atomic E-state index is -4.42. The van der Waals surface area contributed by atoms with Crippen LogP contribution in [0.1, 0.15) is 19.3 Å². The van der Waals surface area contributed by atoms with E-state index in [1.54, 1.807) is 0 Å². The number of hydrogen-bond donors (Lipinski definition) is 2. The van der Waals surface area contributed by atoms with Gasteiger partial charge in [0.25, 0.3) is 0 Å². The lowest BCUT2D eigenvalue weighted by Crippen LogP contribution is -2.15. The van der Waals surface area contributed by atoms with Crippen molar-refractivity contribution in [1.82, 2.24) is 0 Å². The molecule has 86 valence electrons. The van der Waals surface area contributed by atoms with E-state index in [-0.39, 0.29) is 13.0 Å². The first-order valence-electron chi connectivity index (χ1n) is 3.91. The van der Waals surface area contributed by atoms with Crippen molar-refractivity contribution in [1.29, 1.82) is 0 Å². The maximum atomic E-state index is 10.3. The number of alkyl halides is 3. The van der Waals surface area contributed by atoms with Crippen molar-refractivity contribution in [3.8, 4) is 0 Å². The minimum Gasteiger partial charge on any atom is -0.303 e. The Balaban J connectivity index is 3.70. The number of phosphoric ester groups is 1. The Morgan fingerprint density at radius 1 is 1.29 bits per heavy atom. The Kier molecular flexibility index (Phi) is 7.00. The maximum Gasteiger partial charge on any atom is 0.469 e. The largest absolute Gasteiger partial charge is 0.469 e. The summed E-state index contributed by atoms with van der Waals surface area (Å²) in [5.41, 5.74) is 0. The van der Waals surface area contributed by atoms with Gasteiger partial charge >= 0.3 is 7.82 Å². The van der Waals surface area contributed by atoms with Crippen LogP contribution in [-0.4, -0.2) is 26.6 Å². The smallest absolute Gasteiger partial charge is 0.303 e. The van der Waals surface area contributed by atoms with Crippen molar-refractivity contribution in [2.75, 3.05) is 12.5 Å². The molecule has 0 aliphatic carbocycles. The van der Waals surface area contributed by atoms with Crippen molar-refractivity contribution < 1.29 is 18.9 Å². The summed E-state index contributed by atoms with van der Waals surface area (Å²) < 4.78 is 13.5. The second-order valence-electron chi connectivity index (χ2n) is 2.72. The van der Waals surface area contributed by atoms with Crippen LogP contribution in [0, 0.1) is 0 Å². The van der Waals surface area contributed by atoms with Crippen LogP contribution in [0.4, 0.5) is 0 Å². The number of phosphoric acid groups is 1.